The maximum atomic E-state index is 12.1. The van der Waals surface area contributed by atoms with Crippen molar-refractivity contribution in [3.63, 3.8) is 0 Å². The number of carbonyl (C=O) groups excluding carboxylic acids is 3. The highest BCUT2D eigenvalue weighted by Crippen LogP contribution is 2.29. The molecule has 39 heavy (non-hydrogen) atoms. The number of phenols is 1. The number of methoxy groups -OCH3 is 1. The second kappa shape index (κ2) is 19.2. The van der Waals surface area contributed by atoms with Crippen LogP contribution in [0, 0.1) is 17.6 Å². The number of ether oxygens (including phenoxy) is 4. The van der Waals surface area contributed by atoms with Crippen LogP contribution in [0.1, 0.15) is 70.8 Å². The van der Waals surface area contributed by atoms with Crippen molar-refractivity contribution in [2.45, 2.75) is 66.4 Å². The van der Waals surface area contributed by atoms with Crippen LogP contribution in [-0.4, -0.2) is 47.9 Å². The molecule has 1 aromatic heterocycles. The van der Waals surface area contributed by atoms with Crippen LogP contribution >= 0.6 is 0 Å². The van der Waals surface area contributed by atoms with E-state index in [1.165, 1.54) is 26.3 Å². The number of rotatable bonds is 11. The number of carbonyl (C=O) groups is 3. The second-order valence-electron chi connectivity index (χ2n) is 8.58. The Labute approximate surface area is 227 Å². The van der Waals surface area contributed by atoms with Crippen molar-refractivity contribution in [3.8, 4) is 17.2 Å². The Morgan fingerprint density at radius 2 is 1.79 bits per heavy atom. The molecule has 0 aliphatic heterocycles. The van der Waals surface area contributed by atoms with Crippen molar-refractivity contribution in [1.82, 2.24) is 4.98 Å². The lowest BCUT2D eigenvalue weighted by Crippen LogP contribution is -2.17. The van der Waals surface area contributed by atoms with E-state index in [1.807, 2.05) is 6.92 Å². The van der Waals surface area contributed by atoms with E-state index in [0.29, 0.717) is 12.3 Å². The number of hydrogen-bond donors (Lipinski definition) is 2. The molecule has 1 heterocycles. The van der Waals surface area contributed by atoms with Gasteiger partial charge in [0.2, 0.25) is 6.79 Å². The van der Waals surface area contributed by atoms with Gasteiger partial charge in [-0.2, -0.15) is 0 Å². The van der Waals surface area contributed by atoms with Crippen LogP contribution < -0.4 is 15.2 Å². The molecule has 1 aromatic carbocycles. The molecule has 1 unspecified atom stereocenters. The summed E-state index contributed by atoms with van der Waals surface area (Å²) < 4.78 is 44.0. The number of nitrogens with two attached hydrogens (primary N) is 1. The summed E-state index contributed by atoms with van der Waals surface area (Å²) in [6.07, 6.45) is 4.94. The molecule has 0 radical (unpaired) electrons. The number of amides is 1. The van der Waals surface area contributed by atoms with E-state index in [0.717, 1.165) is 37.5 Å². The molecule has 218 valence electrons. The summed E-state index contributed by atoms with van der Waals surface area (Å²) in [5.41, 5.74) is 5.04. The number of esters is 2. The molecule has 0 aliphatic carbocycles. The summed E-state index contributed by atoms with van der Waals surface area (Å²) in [6, 6.07) is 4.02. The van der Waals surface area contributed by atoms with E-state index in [1.54, 1.807) is 0 Å². The number of benzene rings is 1. The maximum Gasteiger partial charge on any atom is 0.306 e. The molecular formula is C27H38F2N2O8. The van der Waals surface area contributed by atoms with Gasteiger partial charge in [-0.1, -0.05) is 27.2 Å². The molecule has 2 rings (SSSR count). The molecule has 2 aromatic rings. The van der Waals surface area contributed by atoms with Crippen LogP contribution in [0.3, 0.4) is 0 Å². The van der Waals surface area contributed by atoms with Crippen LogP contribution in [0.2, 0.25) is 0 Å². The molecule has 0 saturated heterocycles. The standard InChI is InChI=1S/C11H22O2.C10H12N2O5.C6H4F2O/c1-5-6-7-11(12)13-10(4)8-9(2)3;1-6(13)16-5-17-9-7(15-2)3-4-12-8(9)10(11)14;7-4-1-2-5(8)6(9)3-4/h9-10H,5-8H2,1-4H3;3-4H,5H2,1-2H3,(H2,11,14);1-3,9H. The zero-order valence-corrected chi connectivity index (χ0v) is 23.2. The van der Waals surface area contributed by atoms with E-state index >= 15 is 0 Å². The first-order valence-corrected chi connectivity index (χ1v) is 12.2. The highest BCUT2D eigenvalue weighted by atomic mass is 19.1. The highest BCUT2D eigenvalue weighted by molar-refractivity contribution is 5.94. The van der Waals surface area contributed by atoms with E-state index in [4.69, 9.17) is 25.1 Å². The van der Waals surface area contributed by atoms with Gasteiger partial charge in [0.1, 0.15) is 5.82 Å². The van der Waals surface area contributed by atoms with Crippen molar-refractivity contribution in [2.75, 3.05) is 13.9 Å². The molecule has 0 fully saturated rings. The molecule has 3 N–H and O–H groups in total. The summed E-state index contributed by atoms with van der Waals surface area (Å²) in [7, 11) is 1.40. The fourth-order valence-corrected chi connectivity index (χ4v) is 2.88. The topological polar surface area (TPSA) is 147 Å². The Morgan fingerprint density at radius 3 is 2.28 bits per heavy atom. The van der Waals surface area contributed by atoms with Crippen molar-refractivity contribution in [1.29, 1.82) is 0 Å². The zero-order valence-electron chi connectivity index (χ0n) is 23.2. The van der Waals surface area contributed by atoms with Gasteiger partial charge in [-0.25, -0.2) is 13.8 Å². The highest BCUT2D eigenvalue weighted by Gasteiger charge is 2.17. The first-order valence-electron chi connectivity index (χ1n) is 12.2. The number of unbranched alkanes of at least 4 members (excludes halogenated alkanes) is 1. The van der Waals surface area contributed by atoms with Gasteiger partial charge in [-0.05, 0) is 37.8 Å². The van der Waals surface area contributed by atoms with Crippen molar-refractivity contribution >= 4 is 17.8 Å². The Morgan fingerprint density at radius 1 is 1.13 bits per heavy atom. The molecule has 0 bridgehead atoms. The Hall–Kier alpha value is -3.96. The van der Waals surface area contributed by atoms with Gasteiger partial charge in [0, 0.05) is 31.7 Å². The van der Waals surface area contributed by atoms with Gasteiger partial charge in [0.05, 0.1) is 13.2 Å². The summed E-state index contributed by atoms with van der Waals surface area (Å²) in [5.74, 6) is -2.51. The maximum absolute atomic E-state index is 12.1. The minimum atomic E-state index is -0.809. The fourth-order valence-electron chi connectivity index (χ4n) is 2.88. The number of pyridine rings is 1. The molecular weight excluding hydrogens is 518 g/mol. The molecule has 0 saturated carbocycles. The molecule has 12 heteroatoms. The number of hydrogen-bond acceptors (Lipinski definition) is 9. The van der Waals surface area contributed by atoms with Crippen LogP contribution in [0.15, 0.2) is 30.5 Å². The van der Waals surface area contributed by atoms with Crippen LogP contribution in [0.5, 0.6) is 17.2 Å². The molecule has 0 aliphatic rings. The number of aromatic nitrogens is 1. The Kier molecular flexibility index (Phi) is 17.2. The smallest absolute Gasteiger partial charge is 0.306 e. The lowest BCUT2D eigenvalue weighted by atomic mass is 10.1. The van der Waals surface area contributed by atoms with E-state index in [2.05, 4.69) is 30.5 Å². The number of halogens is 2. The lowest BCUT2D eigenvalue weighted by molar-refractivity contribution is -0.149. The first kappa shape index (κ1) is 35.0. The number of primary amides is 1. The third-order valence-electron chi connectivity index (χ3n) is 4.57. The predicted molar refractivity (Wildman–Crippen MR) is 139 cm³/mol. The predicted octanol–water partition coefficient (Wildman–Crippen LogP) is 4.91. The monoisotopic (exact) mass is 556 g/mol. The summed E-state index contributed by atoms with van der Waals surface area (Å²) in [5, 5.41) is 8.49. The number of nitrogens with zero attached hydrogens (tertiary/aromatic N) is 1. The van der Waals surface area contributed by atoms with Gasteiger partial charge < -0.3 is 29.8 Å². The quantitative estimate of drug-likeness (QED) is 0.291. The Bertz CT molecular complexity index is 1050. The van der Waals surface area contributed by atoms with Crippen LogP contribution in [-0.2, 0) is 19.1 Å². The molecule has 10 nitrogen and oxygen atoms in total. The normalized spacial score (nSPS) is 10.7. The summed E-state index contributed by atoms with van der Waals surface area (Å²) in [4.78, 5) is 36.6. The minimum absolute atomic E-state index is 0.0451. The van der Waals surface area contributed by atoms with Crippen molar-refractivity contribution in [2.24, 2.45) is 11.7 Å². The van der Waals surface area contributed by atoms with E-state index < -0.39 is 29.3 Å². The summed E-state index contributed by atoms with van der Waals surface area (Å²) >= 11 is 0. The van der Waals surface area contributed by atoms with Gasteiger partial charge in [0.15, 0.2) is 28.8 Å². The van der Waals surface area contributed by atoms with Crippen LogP contribution in [0.25, 0.3) is 0 Å². The Balaban J connectivity index is 0.000000583. The third-order valence-corrected chi connectivity index (χ3v) is 4.57. The van der Waals surface area contributed by atoms with Gasteiger partial charge in [0.25, 0.3) is 5.91 Å². The van der Waals surface area contributed by atoms with E-state index in [9.17, 15) is 23.2 Å². The minimum Gasteiger partial charge on any atom is -0.505 e. The van der Waals surface area contributed by atoms with Gasteiger partial charge in [-0.3, -0.25) is 14.4 Å². The van der Waals surface area contributed by atoms with Crippen LogP contribution in [0.4, 0.5) is 8.78 Å². The average Bonchev–Trinajstić information content (AvgIpc) is 2.85. The first-order chi connectivity index (χ1) is 18.3. The number of phenolic OH excluding ortho intramolecular Hbond substituents is 1. The largest absolute Gasteiger partial charge is 0.505 e. The molecule has 0 spiro atoms. The molecule has 1 atom stereocenters. The van der Waals surface area contributed by atoms with Gasteiger partial charge in [-0.15, -0.1) is 0 Å². The lowest BCUT2D eigenvalue weighted by Gasteiger charge is -2.14. The summed E-state index contributed by atoms with van der Waals surface area (Å²) in [6.45, 7) is 9.19. The third kappa shape index (κ3) is 15.8. The van der Waals surface area contributed by atoms with Crippen molar-refractivity contribution in [3.05, 3.63) is 47.8 Å². The SMILES string of the molecule is CCCCC(=O)OC(C)CC(C)C.COc1ccnc(C(N)=O)c1OCOC(C)=O.Oc1cc(F)ccc1F. The second-order valence-corrected chi connectivity index (χ2v) is 8.58. The van der Waals surface area contributed by atoms with Crippen molar-refractivity contribution < 1.29 is 47.2 Å². The number of aromatic hydroxyl groups is 1. The van der Waals surface area contributed by atoms with Gasteiger partial charge >= 0.3 is 11.9 Å². The van der Waals surface area contributed by atoms with E-state index in [-0.39, 0.29) is 36.1 Å². The average molecular weight is 557 g/mol. The fraction of sp³-hybridized carbons (Fsp3) is 0.481. The molecule has 1 amide bonds. The zero-order chi connectivity index (χ0) is 30.0.